The van der Waals surface area contributed by atoms with Crippen molar-refractivity contribution in [2.45, 2.75) is 29.8 Å². The van der Waals surface area contributed by atoms with Crippen LogP contribution in [0.1, 0.15) is 18.9 Å². The van der Waals surface area contributed by atoms with Gasteiger partial charge in [-0.3, -0.25) is 4.98 Å². The predicted octanol–water partition coefficient (Wildman–Crippen LogP) is 3.02. The summed E-state index contributed by atoms with van der Waals surface area (Å²) in [6.45, 7) is 2.10. The van der Waals surface area contributed by atoms with Crippen molar-refractivity contribution in [1.82, 2.24) is 19.9 Å². The van der Waals surface area contributed by atoms with Gasteiger partial charge in [-0.2, -0.15) is 0 Å². The van der Waals surface area contributed by atoms with E-state index in [-0.39, 0.29) is 0 Å². The van der Waals surface area contributed by atoms with E-state index in [9.17, 15) is 0 Å². The zero-order valence-electron chi connectivity index (χ0n) is 9.30. The van der Waals surface area contributed by atoms with Crippen LogP contribution in [0.5, 0.6) is 0 Å². The highest BCUT2D eigenvalue weighted by Crippen LogP contribution is 2.30. The molecule has 6 heteroatoms. The fourth-order valence-corrected chi connectivity index (χ4v) is 2.49. The number of aromatic nitrogens is 4. The van der Waals surface area contributed by atoms with E-state index in [0.29, 0.717) is 5.15 Å². The molecule has 0 atom stereocenters. The third-order valence-corrected chi connectivity index (χ3v) is 3.38. The molecule has 0 saturated heterocycles. The van der Waals surface area contributed by atoms with Crippen LogP contribution in [-0.2, 0) is 6.42 Å². The standard InChI is InChI=1S/C11H11ClN4S/c1-2-3-8-10(12)15-7-16-11(8)17-9-6-13-4-5-14-9/h4-7H,2-3H2,1H3. The Bertz CT molecular complexity index is 492. The maximum absolute atomic E-state index is 6.07. The largest absolute Gasteiger partial charge is 0.260 e. The van der Waals surface area contributed by atoms with Gasteiger partial charge in [0.2, 0.25) is 0 Å². The van der Waals surface area contributed by atoms with E-state index in [1.54, 1.807) is 18.6 Å². The number of halogens is 1. The predicted molar refractivity (Wildman–Crippen MR) is 67.2 cm³/mol. The second-order valence-electron chi connectivity index (χ2n) is 3.34. The smallest absolute Gasteiger partial charge is 0.136 e. The van der Waals surface area contributed by atoms with E-state index in [2.05, 4.69) is 26.9 Å². The molecule has 4 nitrogen and oxygen atoms in total. The molecule has 0 radical (unpaired) electrons. The summed E-state index contributed by atoms with van der Waals surface area (Å²) in [7, 11) is 0. The summed E-state index contributed by atoms with van der Waals surface area (Å²) in [5.41, 5.74) is 0.979. The van der Waals surface area contributed by atoms with Gasteiger partial charge in [-0.1, -0.05) is 24.9 Å². The van der Waals surface area contributed by atoms with E-state index in [4.69, 9.17) is 11.6 Å². The van der Waals surface area contributed by atoms with E-state index in [1.165, 1.54) is 18.1 Å². The van der Waals surface area contributed by atoms with Gasteiger partial charge >= 0.3 is 0 Å². The monoisotopic (exact) mass is 266 g/mol. The molecule has 0 fully saturated rings. The maximum Gasteiger partial charge on any atom is 0.136 e. The molecule has 0 aliphatic carbocycles. The summed E-state index contributed by atoms with van der Waals surface area (Å²) in [5, 5.41) is 2.18. The number of hydrogen-bond donors (Lipinski definition) is 0. The van der Waals surface area contributed by atoms with Crippen molar-refractivity contribution < 1.29 is 0 Å². The molecule has 0 aromatic carbocycles. The average molecular weight is 267 g/mol. The first-order chi connectivity index (χ1) is 8.31. The molecule has 0 aliphatic rings. The number of rotatable bonds is 4. The minimum Gasteiger partial charge on any atom is -0.260 e. The molecule has 17 heavy (non-hydrogen) atoms. The fourth-order valence-electron chi connectivity index (χ4n) is 1.36. The van der Waals surface area contributed by atoms with Crippen molar-refractivity contribution in [1.29, 1.82) is 0 Å². The van der Waals surface area contributed by atoms with Crippen molar-refractivity contribution >= 4 is 23.4 Å². The fraction of sp³-hybridized carbons (Fsp3) is 0.273. The van der Waals surface area contributed by atoms with Crippen molar-refractivity contribution in [2.24, 2.45) is 0 Å². The minimum atomic E-state index is 0.522. The summed E-state index contributed by atoms with van der Waals surface area (Å²) in [6, 6.07) is 0. The van der Waals surface area contributed by atoms with Crippen LogP contribution in [0.2, 0.25) is 5.15 Å². The summed E-state index contributed by atoms with van der Waals surface area (Å²) >= 11 is 7.53. The number of nitrogens with zero attached hydrogens (tertiary/aromatic N) is 4. The third kappa shape index (κ3) is 3.14. The van der Waals surface area contributed by atoms with Gasteiger partial charge in [-0.25, -0.2) is 15.0 Å². The second-order valence-corrected chi connectivity index (χ2v) is 4.71. The molecule has 2 aromatic rings. The van der Waals surface area contributed by atoms with Gasteiger partial charge in [0.15, 0.2) is 0 Å². The average Bonchev–Trinajstić information content (AvgIpc) is 2.35. The third-order valence-electron chi connectivity index (χ3n) is 2.09. The van der Waals surface area contributed by atoms with Gasteiger partial charge < -0.3 is 0 Å². The quantitative estimate of drug-likeness (QED) is 0.796. The van der Waals surface area contributed by atoms with Gasteiger partial charge in [-0.05, 0) is 18.2 Å². The van der Waals surface area contributed by atoms with Crippen LogP contribution in [0.25, 0.3) is 0 Å². The van der Waals surface area contributed by atoms with Crippen LogP contribution in [0, 0.1) is 0 Å². The Hall–Kier alpha value is -1.20. The lowest BCUT2D eigenvalue weighted by molar-refractivity contribution is 0.854. The van der Waals surface area contributed by atoms with E-state index in [0.717, 1.165) is 28.5 Å². The molecule has 0 N–H and O–H groups in total. The van der Waals surface area contributed by atoms with E-state index >= 15 is 0 Å². The van der Waals surface area contributed by atoms with Gasteiger partial charge in [0.25, 0.3) is 0 Å². The molecule has 2 rings (SSSR count). The van der Waals surface area contributed by atoms with Crippen LogP contribution < -0.4 is 0 Å². The lowest BCUT2D eigenvalue weighted by atomic mass is 10.2. The summed E-state index contributed by atoms with van der Waals surface area (Å²) < 4.78 is 0. The lowest BCUT2D eigenvalue weighted by Crippen LogP contribution is -1.95. The molecule has 0 unspecified atom stereocenters. The number of hydrogen-bond acceptors (Lipinski definition) is 5. The Morgan fingerprint density at radius 1 is 1.24 bits per heavy atom. The molecule has 0 amide bonds. The molecular formula is C11H11ClN4S. The zero-order valence-corrected chi connectivity index (χ0v) is 10.9. The maximum atomic E-state index is 6.07. The van der Waals surface area contributed by atoms with Crippen molar-refractivity contribution in [3.05, 3.63) is 35.6 Å². The van der Waals surface area contributed by atoms with Gasteiger partial charge in [0.05, 0.1) is 6.20 Å². The first-order valence-corrected chi connectivity index (χ1v) is 6.44. The Morgan fingerprint density at radius 2 is 2.12 bits per heavy atom. The Morgan fingerprint density at radius 3 is 2.82 bits per heavy atom. The highest BCUT2D eigenvalue weighted by Gasteiger charge is 2.11. The molecule has 2 aromatic heterocycles. The summed E-state index contributed by atoms with van der Waals surface area (Å²) in [6.07, 6.45) is 8.34. The molecule has 0 bridgehead atoms. The molecular weight excluding hydrogens is 256 g/mol. The first kappa shape index (κ1) is 12.3. The molecule has 0 spiro atoms. The molecule has 2 heterocycles. The second kappa shape index (κ2) is 5.93. The molecule has 0 saturated carbocycles. The SMILES string of the molecule is CCCc1c(Cl)ncnc1Sc1cnccn1. The Kier molecular flexibility index (Phi) is 4.28. The van der Waals surface area contributed by atoms with Crippen molar-refractivity contribution in [3.8, 4) is 0 Å². The lowest BCUT2D eigenvalue weighted by Gasteiger charge is -2.07. The molecule has 0 aliphatic heterocycles. The Balaban J connectivity index is 2.29. The van der Waals surface area contributed by atoms with E-state index in [1.807, 2.05) is 0 Å². The normalized spacial score (nSPS) is 10.5. The van der Waals surface area contributed by atoms with E-state index < -0.39 is 0 Å². The van der Waals surface area contributed by atoms with Gasteiger partial charge in [-0.15, -0.1) is 0 Å². The molecule has 88 valence electrons. The van der Waals surface area contributed by atoms with Crippen LogP contribution in [0.15, 0.2) is 35.0 Å². The van der Waals surface area contributed by atoms with Crippen LogP contribution in [0.4, 0.5) is 0 Å². The van der Waals surface area contributed by atoms with Crippen molar-refractivity contribution in [2.75, 3.05) is 0 Å². The van der Waals surface area contributed by atoms with Gasteiger partial charge in [0.1, 0.15) is 21.5 Å². The first-order valence-electron chi connectivity index (χ1n) is 5.24. The van der Waals surface area contributed by atoms with Crippen LogP contribution in [-0.4, -0.2) is 19.9 Å². The Labute approximate surface area is 109 Å². The van der Waals surface area contributed by atoms with Gasteiger partial charge in [0, 0.05) is 18.0 Å². The highest BCUT2D eigenvalue weighted by molar-refractivity contribution is 7.99. The minimum absolute atomic E-state index is 0.522. The van der Waals surface area contributed by atoms with Crippen LogP contribution >= 0.6 is 23.4 Å². The summed E-state index contributed by atoms with van der Waals surface area (Å²) in [5.74, 6) is 0. The topological polar surface area (TPSA) is 51.6 Å². The van der Waals surface area contributed by atoms with Crippen molar-refractivity contribution in [3.63, 3.8) is 0 Å². The van der Waals surface area contributed by atoms with Crippen LogP contribution in [0.3, 0.4) is 0 Å². The highest BCUT2D eigenvalue weighted by atomic mass is 35.5. The summed E-state index contributed by atoms with van der Waals surface area (Å²) in [4.78, 5) is 16.5. The zero-order chi connectivity index (χ0) is 12.1.